The number of hydrogen-bond acceptors (Lipinski definition) is 3. The predicted octanol–water partition coefficient (Wildman–Crippen LogP) is -1.12. The molecule has 4 N–H and O–H groups in total. The van der Waals surface area contributed by atoms with Crippen LogP contribution in [0.4, 0.5) is 0 Å². The summed E-state index contributed by atoms with van der Waals surface area (Å²) in [5.41, 5.74) is 11.1. The maximum atomic E-state index is 5.68. The Morgan fingerprint density at radius 2 is 2.18 bits per heavy atom. The lowest BCUT2D eigenvalue weighted by molar-refractivity contribution is -0.0259. The molecule has 0 amide bonds. The van der Waals surface area contributed by atoms with E-state index in [2.05, 4.69) is 0 Å². The molecule has 1 rings (SSSR count). The van der Waals surface area contributed by atoms with Gasteiger partial charge in [-0.3, -0.25) is 0 Å². The Labute approximate surface area is 70.9 Å². The van der Waals surface area contributed by atoms with Crippen LogP contribution >= 0.6 is 0 Å². The maximum absolute atomic E-state index is 5.68. The van der Waals surface area contributed by atoms with E-state index in [-0.39, 0.29) is 11.4 Å². The first-order valence-electron chi connectivity index (χ1n) is 4.27. The Balaban J connectivity index is 2.37. The summed E-state index contributed by atoms with van der Waals surface area (Å²) in [6.45, 7) is 0.899. The predicted molar refractivity (Wildman–Crippen MR) is 49.3 cm³/mol. The Hall–Kier alpha value is 0.0969. The second-order valence-electron chi connectivity index (χ2n) is 3.62. The molecule has 0 bridgehead atoms. The van der Waals surface area contributed by atoms with Crippen molar-refractivity contribution in [1.29, 1.82) is 0 Å². The fourth-order valence-electron chi connectivity index (χ4n) is 1.65. The van der Waals surface area contributed by atoms with Gasteiger partial charge >= 0.3 is 0 Å². The molecule has 1 aliphatic rings. The van der Waals surface area contributed by atoms with Crippen LogP contribution in [0.3, 0.4) is 0 Å². The standard InChI is InChI=1S/C7H18N2OSi/c8-6(9)5-7(11)3-1-2-4-10-7/h6H,1-5,8-9H2,11H3. The molecule has 3 nitrogen and oxygen atoms in total. The van der Waals surface area contributed by atoms with Crippen molar-refractivity contribution in [3.63, 3.8) is 0 Å². The van der Waals surface area contributed by atoms with Crippen LogP contribution in [0.25, 0.3) is 0 Å². The van der Waals surface area contributed by atoms with Crippen molar-refractivity contribution in [3.8, 4) is 0 Å². The summed E-state index contributed by atoms with van der Waals surface area (Å²) in [7, 11) is 1.05. The fraction of sp³-hybridized carbons (Fsp3) is 1.00. The largest absolute Gasteiger partial charge is 0.379 e. The van der Waals surface area contributed by atoms with Crippen molar-refractivity contribution in [2.75, 3.05) is 6.61 Å². The van der Waals surface area contributed by atoms with Gasteiger partial charge in [-0.05, 0) is 19.3 Å². The summed E-state index contributed by atoms with van der Waals surface area (Å²) in [5, 5.41) is 0.0897. The molecule has 66 valence electrons. The first-order valence-corrected chi connectivity index (χ1v) is 5.27. The number of hydrogen-bond donors (Lipinski definition) is 2. The number of rotatable bonds is 2. The van der Waals surface area contributed by atoms with Crippen molar-refractivity contribution in [2.24, 2.45) is 11.5 Å². The van der Waals surface area contributed by atoms with Crippen LogP contribution in [0.2, 0.25) is 0 Å². The van der Waals surface area contributed by atoms with E-state index in [1.807, 2.05) is 0 Å². The Morgan fingerprint density at radius 1 is 1.45 bits per heavy atom. The minimum atomic E-state index is -0.203. The summed E-state index contributed by atoms with van der Waals surface area (Å²) in [6, 6.07) is 0. The zero-order valence-electron chi connectivity index (χ0n) is 7.18. The molecule has 0 spiro atoms. The van der Waals surface area contributed by atoms with Gasteiger partial charge in [0.15, 0.2) is 0 Å². The number of ether oxygens (including phenoxy) is 1. The Bertz CT molecular complexity index is 124. The highest BCUT2D eigenvalue weighted by atomic mass is 28.1. The van der Waals surface area contributed by atoms with Gasteiger partial charge in [0, 0.05) is 23.3 Å². The van der Waals surface area contributed by atoms with Crippen LogP contribution in [-0.4, -0.2) is 28.2 Å². The summed E-state index contributed by atoms with van der Waals surface area (Å²) in [6.07, 6.45) is 4.26. The molecule has 1 fully saturated rings. The van der Waals surface area contributed by atoms with Gasteiger partial charge in [-0.25, -0.2) is 0 Å². The van der Waals surface area contributed by atoms with Gasteiger partial charge in [-0.1, -0.05) is 0 Å². The second kappa shape index (κ2) is 3.67. The zero-order valence-corrected chi connectivity index (χ0v) is 9.18. The summed E-state index contributed by atoms with van der Waals surface area (Å²) in [5.74, 6) is 0. The molecule has 0 radical (unpaired) electrons. The Morgan fingerprint density at radius 3 is 2.64 bits per heavy atom. The first kappa shape index (κ1) is 9.19. The van der Waals surface area contributed by atoms with Crippen molar-refractivity contribution in [3.05, 3.63) is 0 Å². The van der Waals surface area contributed by atoms with Crippen molar-refractivity contribution >= 4 is 10.2 Å². The summed E-state index contributed by atoms with van der Waals surface area (Å²) < 4.78 is 5.68. The van der Waals surface area contributed by atoms with E-state index in [9.17, 15) is 0 Å². The molecule has 1 unspecified atom stereocenters. The minimum absolute atomic E-state index is 0.0897. The molecule has 0 aromatic carbocycles. The second-order valence-corrected chi connectivity index (χ2v) is 5.45. The van der Waals surface area contributed by atoms with Crippen LogP contribution in [0.1, 0.15) is 25.7 Å². The average Bonchev–Trinajstić information content (AvgIpc) is 1.85. The van der Waals surface area contributed by atoms with E-state index in [0.29, 0.717) is 0 Å². The van der Waals surface area contributed by atoms with Crippen LogP contribution in [-0.2, 0) is 4.74 Å². The molecule has 1 heterocycles. The smallest absolute Gasteiger partial charge is 0.0545 e. The molecule has 0 aromatic heterocycles. The first-order chi connectivity index (χ1) is 5.12. The van der Waals surface area contributed by atoms with Gasteiger partial charge in [0.2, 0.25) is 0 Å². The number of nitrogens with two attached hydrogens (primary N) is 2. The van der Waals surface area contributed by atoms with Gasteiger partial charge in [-0.15, -0.1) is 0 Å². The highest BCUT2D eigenvalue weighted by Crippen LogP contribution is 2.24. The van der Waals surface area contributed by atoms with Crippen molar-refractivity contribution < 1.29 is 4.74 Å². The van der Waals surface area contributed by atoms with Crippen molar-refractivity contribution in [2.45, 2.75) is 37.1 Å². The molecule has 0 aromatic rings. The SMILES string of the molecule is NC(N)CC1([SiH3])CCCCO1. The van der Waals surface area contributed by atoms with E-state index in [0.717, 1.165) is 29.7 Å². The topological polar surface area (TPSA) is 61.3 Å². The quantitative estimate of drug-likeness (QED) is 0.412. The Kier molecular flexibility index (Phi) is 3.06. The molecular weight excluding hydrogens is 156 g/mol. The van der Waals surface area contributed by atoms with E-state index >= 15 is 0 Å². The molecule has 0 aliphatic carbocycles. The molecular formula is C7H18N2OSi. The molecule has 1 saturated heterocycles. The molecule has 1 atom stereocenters. The third-order valence-corrected chi connectivity index (χ3v) is 3.41. The fourth-order valence-corrected chi connectivity index (χ4v) is 2.68. The van der Waals surface area contributed by atoms with E-state index in [1.165, 1.54) is 12.8 Å². The summed E-state index contributed by atoms with van der Waals surface area (Å²) >= 11 is 0. The lowest BCUT2D eigenvalue weighted by atomic mass is 10.0. The maximum Gasteiger partial charge on any atom is 0.0545 e. The lowest BCUT2D eigenvalue weighted by Gasteiger charge is -2.35. The molecule has 4 heteroatoms. The van der Waals surface area contributed by atoms with Crippen LogP contribution in [0.5, 0.6) is 0 Å². The summed E-state index contributed by atoms with van der Waals surface area (Å²) in [4.78, 5) is 0. The van der Waals surface area contributed by atoms with Gasteiger partial charge in [0.05, 0.1) is 11.4 Å². The van der Waals surface area contributed by atoms with Gasteiger partial charge in [-0.2, -0.15) is 0 Å². The van der Waals surface area contributed by atoms with Gasteiger partial charge in [0.25, 0.3) is 0 Å². The van der Waals surface area contributed by atoms with Crippen LogP contribution < -0.4 is 11.5 Å². The monoisotopic (exact) mass is 174 g/mol. The van der Waals surface area contributed by atoms with Gasteiger partial charge in [0.1, 0.15) is 0 Å². The third-order valence-electron chi connectivity index (χ3n) is 2.22. The highest BCUT2D eigenvalue weighted by molar-refractivity contribution is 6.14. The van der Waals surface area contributed by atoms with Crippen LogP contribution in [0.15, 0.2) is 0 Å². The normalized spacial score (nSPS) is 33.0. The average molecular weight is 174 g/mol. The molecule has 1 aliphatic heterocycles. The minimum Gasteiger partial charge on any atom is -0.379 e. The van der Waals surface area contributed by atoms with E-state index < -0.39 is 0 Å². The highest BCUT2D eigenvalue weighted by Gasteiger charge is 2.28. The van der Waals surface area contributed by atoms with E-state index in [1.54, 1.807) is 0 Å². The zero-order chi connectivity index (χ0) is 8.32. The van der Waals surface area contributed by atoms with Crippen molar-refractivity contribution in [1.82, 2.24) is 0 Å². The van der Waals surface area contributed by atoms with Gasteiger partial charge < -0.3 is 16.2 Å². The van der Waals surface area contributed by atoms with Crippen LogP contribution in [0, 0.1) is 0 Å². The third kappa shape index (κ3) is 2.90. The molecule has 11 heavy (non-hydrogen) atoms. The lowest BCUT2D eigenvalue weighted by Crippen LogP contribution is -2.45. The van der Waals surface area contributed by atoms with E-state index in [4.69, 9.17) is 16.2 Å². The molecule has 0 saturated carbocycles.